The van der Waals surface area contributed by atoms with E-state index in [1.807, 2.05) is 0 Å². The fourth-order valence-corrected chi connectivity index (χ4v) is 8.47. The first kappa shape index (κ1) is 15.1. The summed E-state index contributed by atoms with van der Waals surface area (Å²) in [5, 5.41) is 0. The lowest BCUT2D eigenvalue weighted by molar-refractivity contribution is 0.380. The summed E-state index contributed by atoms with van der Waals surface area (Å²) in [6, 6.07) is 1.39. The lowest BCUT2D eigenvalue weighted by Crippen LogP contribution is -2.65. The molecule has 0 aromatic rings. The molecule has 2 nitrogen and oxygen atoms in total. The van der Waals surface area contributed by atoms with E-state index in [9.17, 15) is 0 Å². The van der Waals surface area contributed by atoms with Crippen molar-refractivity contribution < 1.29 is 0 Å². The van der Waals surface area contributed by atoms with Gasteiger partial charge in [0.15, 0.2) is 0 Å². The molecular weight excluding hydrogens is 200 g/mol. The van der Waals surface area contributed by atoms with E-state index in [0.29, 0.717) is 0 Å². The topological polar surface area (TPSA) is 6.48 Å². The molecule has 15 heavy (non-hydrogen) atoms. The van der Waals surface area contributed by atoms with Gasteiger partial charge in [0.05, 0.1) is 0 Å². The standard InChI is InChI=1S/C12H30N2Si/c1-8-11-15(12(4)5,13(6)7)14(9-2)10-3/h12H,8-11H2,1-7H3. The molecule has 0 saturated carbocycles. The molecule has 0 aliphatic rings. The Kier molecular flexibility index (Phi) is 6.72. The van der Waals surface area contributed by atoms with Crippen molar-refractivity contribution >= 4 is 8.40 Å². The number of hydrogen-bond donors (Lipinski definition) is 0. The number of nitrogens with zero attached hydrogens (tertiary/aromatic N) is 2. The van der Waals surface area contributed by atoms with Gasteiger partial charge in [-0.15, -0.1) is 0 Å². The maximum Gasteiger partial charge on any atom is 0.208 e. The molecule has 0 fully saturated rings. The van der Waals surface area contributed by atoms with Crippen LogP contribution in [0.1, 0.15) is 41.0 Å². The zero-order valence-electron chi connectivity index (χ0n) is 11.8. The van der Waals surface area contributed by atoms with Crippen LogP contribution < -0.4 is 0 Å². The molecule has 0 bridgehead atoms. The smallest absolute Gasteiger partial charge is 0.208 e. The van der Waals surface area contributed by atoms with Crippen molar-refractivity contribution in [2.75, 3.05) is 27.2 Å². The molecule has 3 heteroatoms. The van der Waals surface area contributed by atoms with E-state index >= 15 is 0 Å². The Morgan fingerprint density at radius 3 is 1.67 bits per heavy atom. The summed E-state index contributed by atoms with van der Waals surface area (Å²) >= 11 is 0. The molecule has 0 aliphatic heterocycles. The lowest BCUT2D eigenvalue weighted by atomic mass is 10.5. The molecule has 0 spiro atoms. The first-order valence-corrected chi connectivity index (χ1v) is 8.57. The molecule has 0 heterocycles. The third kappa shape index (κ3) is 3.05. The highest BCUT2D eigenvalue weighted by atomic mass is 28.3. The molecule has 92 valence electrons. The van der Waals surface area contributed by atoms with Crippen LogP contribution in [0.5, 0.6) is 0 Å². The molecule has 0 aliphatic carbocycles. The third-order valence-electron chi connectivity index (χ3n) is 3.63. The van der Waals surface area contributed by atoms with E-state index in [2.05, 4.69) is 57.8 Å². The molecule has 0 radical (unpaired) electrons. The molecule has 0 saturated heterocycles. The van der Waals surface area contributed by atoms with Crippen LogP contribution in [0.3, 0.4) is 0 Å². The number of rotatable bonds is 7. The molecule has 0 aromatic heterocycles. The molecule has 0 N–H and O–H groups in total. The van der Waals surface area contributed by atoms with Gasteiger partial charge in [0.1, 0.15) is 0 Å². The van der Waals surface area contributed by atoms with Gasteiger partial charge < -0.3 is 9.13 Å². The second-order valence-corrected chi connectivity index (χ2v) is 9.79. The van der Waals surface area contributed by atoms with Crippen LogP contribution in [-0.2, 0) is 0 Å². The Hall–Kier alpha value is 0.137. The van der Waals surface area contributed by atoms with Gasteiger partial charge in [-0.25, -0.2) is 0 Å². The molecular formula is C12H30N2Si. The Labute approximate surface area is 97.8 Å². The molecule has 1 atom stereocenters. The van der Waals surface area contributed by atoms with Crippen molar-refractivity contribution in [3.05, 3.63) is 0 Å². The van der Waals surface area contributed by atoms with Crippen molar-refractivity contribution in [1.29, 1.82) is 0 Å². The SMILES string of the molecule is CCC[Si](C(C)C)(N(C)C)N(CC)CC. The minimum Gasteiger partial charge on any atom is -0.317 e. The van der Waals surface area contributed by atoms with Crippen molar-refractivity contribution in [3.8, 4) is 0 Å². The van der Waals surface area contributed by atoms with Gasteiger partial charge >= 0.3 is 0 Å². The van der Waals surface area contributed by atoms with Gasteiger partial charge in [-0.3, -0.25) is 0 Å². The second kappa shape index (κ2) is 6.66. The maximum absolute atomic E-state index is 2.74. The van der Waals surface area contributed by atoms with E-state index in [0.717, 1.165) is 5.54 Å². The van der Waals surface area contributed by atoms with Crippen molar-refractivity contribution in [1.82, 2.24) is 9.13 Å². The summed E-state index contributed by atoms with van der Waals surface area (Å²) in [7, 11) is 3.14. The van der Waals surface area contributed by atoms with Crippen LogP contribution in [0.4, 0.5) is 0 Å². The van der Waals surface area contributed by atoms with E-state index in [1.165, 1.54) is 25.6 Å². The highest BCUT2D eigenvalue weighted by Crippen LogP contribution is 2.31. The van der Waals surface area contributed by atoms with E-state index < -0.39 is 8.40 Å². The van der Waals surface area contributed by atoms with E-state index in [4.69, 9.17) is 0 Å². The Balaban J connectivity index is 5.09. The molecule has 0 amide bonds. The first-order valence-electron chi connectivity index (χ1n) is 6.39. The average Bonchev–Trinajstić information content (AvgIpc) is 2.17. The Bertz CT molecular complexity index is 157. The van der Waals surface area contributed by atoms with Gasteiger partial charge in [-0.2, -0.15) is 0 Å². The van der Waals surface area contributed by atoms with Crippen molar-refractivity contribution in [3.63, 3.8) is 0 Å². The lowest BCUT2D eigenvalue weighted by Gasteiger charge is -2.48. The predicted molar refractivity (Wildman–Crippen MR) is 72.6 cm³/mol. The summed E-state index contributed by atoms with van der Waals surface area (Å²) in [4.78, 5) is 0. The fourth-order valence-electron chi connectivity index (χ4n) is 2.97. The summed E-state index contributed by atoms with van der Waals surface area (Å²) in [5.74, 6) is 0. The van der Waals surface area contributed by atoms with Gasteiger partial charge in [0.25, 0.3) is 0 Å². The Morgan fingerprint density at radius 2 is 1.47 bits per heavy atom. The second-order valence-electron chi connectivity index (χ2n) is 4.85. The van der Waals surface area contributed by atoms with Crippen LogP contribution in [0.15, 0.2) is 0 Å². The van der Waals surface area contributed by atoms with Crippen LogP contribution in [-0.4, -0.2) is 44.7 Å². The highest BCUT2D eigenvalue weighted by Gasteiger charge is 2.43. The van der Waals surface area contributed by atoms with Gasteiger partial charge in [0.2, 0.25) is 8.40 Å². The van der Waals surface area contributed by atoms with Gasteiger partial charge in [-0.1, -0.05) is 41.0 Å². The molecule has 1 unspecified atom stereocenters. The van der Waals surface area contributed by atoms with E-state index in [1.54, 1.807) is 0 Å². The monoisotopic (exact) mass is 230 g/mol. The highest BCUT2D eigenvalue weighted by molar-refractivity contribution is 6.75. The van der Waals surface area contributed by atoms with Crippen LogP contribution in [0.25, 0.3) is 0 Å². The van der Waals surface area contributed by atoms with E-state index in [-0.39, 0.29) is 0 Å². The van der Waals surface area contributed by atoms with Gasteiger partial charge in [-0.05, 0) is 38.8 Å². The summed E-state index contributed by atoms with van der Waals surface area (Å²) < 4.78 is 5.29. The summed E-state index contributed by atoms with van der Waals surface area (Å²) in [6.07, 6.45) is 1.30. The maximum atomic E-state index is 2.74. The minimum atomic E-state index is -1.41. The quantitative estimate of drug-likeness (QED) is 0.620. The van der Waals surface area contributed by atoms with Gasteiger partial charge in [0, 0.05) is 0 Å². The normalized spacial score (nSPS) is 16.4. The average molecular weight is 230 g/mol. The summed E-state index contributed by atoms with van der Waals surface area (Å²) in [6.45, 7) is 14.1. The molecule has 0 aromatic carbocycles. The number of hydrogen-bond acceptors (Lipinski definition) is 2. The first-order chi connectivity index (χ1) is 6.97. The summed E-state index contributed by atoms with van der Waals surface area (Å²) in [5.41, 5.74) is 0.798. The largest absolute Gasteiger partial charge is 0.317 e. The zero-order chi connectivity index (χ0) is 12.1. The van der Waals surface area contributed by atoms with Crippen molar-refractivity contribution in [2.45, 2.75) is 52.6 Å². The zero-order valence-corrected chi connectivity index (χ0v) is 12.8. The third-order valence-corrected chi connectivity index (χ3v) is 9.99. The van der Waals surface area contributed by atoms with Crippen LogP contribution in [0, 0.1) is 0 Å². The Morgan fingerprint density at radius 1 is 1.00 bits per heavy atom. The minimum absolute atomic E-state index is 0.798. The van der Waals surface area contributed by atoms with Crippen LogP contribution >= 0.6 is 0 Å². The predicted octanol–water partition coefficient (Wildman–Crippen LogP) is 3.15. The van der Waals surface area contributed by atoms with Crippen LogP contribution in [0.2, 0.25) is 11.6 Å². The fraction of sp³-hybridized carbons (Fsp3) is 1.00. The molecule has 0 rings (SSSR count). The van der Waals surface area contributed by atoms with Crippen molar-refractivity contribution in [2.24, 2.45) is 0 Å².